The molecule has 0 saturated heterocycles. The monoisotopic (exact) mass is 338 g/mol. The van der Waals surface area contributed by atoms with Crippen molar-refractivity contribution in [2.45, 2.75) is 19.3 Å². The number of carbonyl (C=O) groups is 2. The predicted molar refractivity (Wildman–Crippen MR) is 97.0 cm³/mol. The van der Waals surface area contributed by atoms with E-state index in [1.54, 1.807) is 18.2 Å². The summed E-state index contributed by atoms with van der Waals surface area (Å²) in [5, 5.41) is 10.1. The molecule has 4 heteroatoms. The second-order valence-corrected chi connectivity index (χ2v) is 6.97. The quantitative estimate of drug-likeness (QED) is 0.676. The van der Waals surface area contributed by atoms with E-state index in [0.29, 0.717) is 12.0 Å². The van der Waals surface area contributed by atoms with E-state index in [1.807, 2.05) is 43.3 Å². The van der Waals surface area contributed by atoms with E-state index in [-0.39, 0.29) is 17.5 Å². The smallest absolute Gasteiger partial charge is 0.188 e. The average Bonchev–Trinajstić information content (AvgIpc) is 3.05. The normalized spacial score (nSPS) is 12.2. The maximum atomic E-state index is 12.6. The summed E-state index contributed by atoms with van der Waals surface area (Å²) in [6, 6.07) is 17.1. The Balaban J connectivity index is 1.77. The molecule has 2 aromatic carbocycles. The van der Waals surface area contributed by atoms with Crippen LogP contribution in [-0.2, 0) is 0 Å². The number of aliphatic hydroxyl groups excluding tert-OH is 1. The van der Waals surface area contributed by atoms with Crippen molar-refractivity contribution in [1.29, 1.82) is 0 Å². The molecule has 0 saturated carbocycles. The lowest BCUT2D eigenvalue weighted by Gasteiger charge is -2.11. The van der Waals surface area contributed by atoms with E-state index >= 15 is 0 Å². The van der Waals surface area contributed by atoms with E-state index in [0.717, 1.165) is 20.5 Å². The van der Waals surface area contributed by atoms with Gasteiger partial charge in [0.15, 0.2) is 11.6 Å². The van der Waals surface area contributed by atoms with Gasteiger partial charge in [-0.3, -0.25) is 9.59 Å². The van der Waals surface area contributed by atoms with Crippen molar-refractivity contribution in [1.82, 2.24) is 0 Å². The van der Waals surface area contributed by atoms with Gasteiger partial charge >= 0.3 is 0 Å². The molecular formula is C20H18O3S. The topological polar surface area (TPSA) is 54.4 Å². The van der Waals surface area contributed by atoms with Crippen LogP contribution in [0.1, 0.15) is 44.9 Å². The molecule has 1 N–H and O–H groups in total. The standard InChI is InChI=1S/C20H18O3S/c1-13(14-6-4-7-15(10-14)18(23)12-21)9-17(22)20-11-16-5-2-3-8-19(16)24-20/h2-8,10-11,13,21H,9,12H2,1H3/t13-/m0/s1. The van der Waals surface area contributed by atoms with E-state index in [4.69, 9.17) is 5.11 Å². The highest BCUT2D eigenvalue weighted by Crippen LogP contribution is 2.29. The van der Waals surface area contributed by atoms with Gasteiger partial charge in [-0.25, -0.2) is 0 Å². The number of aliphatic hydroxyl groups is 1. The van der Waals surface area contributed by atoms with Crippen LogP contribution in [0.25, 0.3) is 10.1 Å². The molecule has 0 amide bonds. The first-order chi connectivity index (χ1) is 11.6. The molecule has 0 unspecified atom stereocenters. The van der Waals surface area contributed by atoms with Crippen LogP contribution in [0.15, 0.2) is 54.6 Å². The molecule has 3 nitrogen and oxygen atoms in total. The van der Waals surface area contributed by atoms with Gasteiger partial charge < -0.3 is 5.11 Å². The summed E-state index contributed by atoms with van der Waals surface area (Å²) in [6.07, 6.45) is 0.392. The maximum Gasteiger partial charge on any atom is 0.188 e. The van der Waals surface area contributed by atoms with Crippen molar-refractivity contribution in [3.8, 4) is 0 Å². The second-order valence-electron chi connectivity index (χ2n) is 5.88. The number of benzene rings is 2. The molecule has 0 aliphatic heterocycles. The molecule has 0 spiro atoms. The van der Waals surface area contributed by atoms with Crippen molar-refractivity contribution in [3.05, 3.63) is 70.6 Å². The SMILES string of the molecule is C[C@@H](CC(=O)c1cc2ccccc2s1)c1cccc(C(=O)CO)c1. The Bertz CT molecular complexity index is 862. The maximum absolute atomic E-state index is 12.6. The van der Waals surface area contributed by atoms with E-state index in [9.17, 15) is 9.59 Å². The van der Waals surface area contributed by atoms with Gasteiger partial charge in [-0.1, -0.05) is 43.3 Å². The summed E-state index contributed by atoms with van der Waals surface area (Å²) in [6.45, 7) is 1.48. The van der Waals surface area contributed by atoms with Crippen LogP contribution in [-0.4, -0.2) is 23.3 Å². The Labute approximate surface area is 144 Å². The van der Waals surface area contributed by atoms with Crippen LogP contribution in [0.4, 0.5) is 0 Å². The molecule has 3 rings (SSSR count). The Kier molecular flexibility index (Phi) is 4.88. The van der Waals surface area contributed by atoms with Gasteiger partial charge in [0.05, 0.1) is 4.88 Å². The zero-order valence-corrected chi connectivity index (χ0v) is 14.2. The number of thiophene rings is 1. The van der Waals surface area contributed by atoms with Crippen molar-refractivity contribution < 1.29 is 14.7 Å². The molecule has 24 heavy (non-hydrogen) atoms. The van der Waals surface area contributed by atoms with E-state index < -0.39 is 6.61 Å². The summed E-state index contributed by atoms with van der Waals surface area (Å²) >= 11 is 1.52. The number of hydrogen-bond donors (Lipinski definition) is 1. The Morgan fingerprint density at radius 2 is 1.83 bits per heavy atom. The van der Waals surface area contributed by atoms with Gasteiger partial charge in [-0.15, -0.1) is 11.3 Å². The summed E-state index contributed by atoms with van der Waals surface area (Å²) in [5.41, 5.74) is 1.42. The van der Waals surface area contributed by atoms with Gasteiger partial charge in [0, 0.05) is 16.7 Å². The fourth-order valence-corrected chi connectivity index (χ4v) is 3.74. The largest absolute Gasteiger partial charge is 0.388 e. The number of fused-ring (bicyclic) bond motifs is 1. The van der Waals surface area contributed by atoms with Crippen LogP contribution < -0.4 is 0 Å². The van der Waals surface area contributed by atoms with E-state index in [1.165, 1.54) is 11.3 Å². The number of ketones is 2. The predicted octanol–water partition coefficient (Wildman–Crippen LogP) is 4.45. The Hall–Kier alpha value is -2.30. The molecule has 0 bridgehead atoms. The summed E-state index contributed by atoms with van der Waals surface area (Å²) < 4.78 is 1.11. The van der Waals surface area contributed by atoms with Crippen LogP contribution in [0.3, 0.4) is 0 Å². The third kappa shape index (κ3) is 3.45. The summed E-state index contributed by atoms with van der Waals surface area (Å²) in [4.78, 5) is 25.0. The van der Waals surface area contributed by atoms with Gasteiger partial charge in [-0.05, 0) is 35.1 Å². The minimum atomic E-state index is -0.501. The third-order valence-corrected chi connectivity index (χ3v) is 5.27. The second kappa shape index (κ2) is 7.07. The Morgan fingerprint density at radius 3 is 2.58 bits per heavy atom. The zero-order chi connectivity index (χ0) is 17.1. The van der Waals surface area contributed by atoms with Crippen molar-refractivity contribution >= 4 is 33.0 Å². The van der Waals surface area contributed by atoms with Crippen molar-refractivity contribution in [3.63, 3.8) is 0 Å². The van der Waals surface area contributed by atoms with Crippen LogP contribution in [0.2, 0.25) is 0 Å². The first kappa shape index (κ1) is 16.6. The fourth-order valence-electron chi connectivity index (χ4n) is 2.73. The van der Waals surface area contributed by atoms with Gasteiger partial charge in [0.25, 0.3) is 0 Å². The highest BCUT2D eigenvalue weighted by atomic mass is 32.1. The molecular weight excluding hydrogens is 320 g/mol. The summed E-state index contributed by atoms with van der Waals surface area (Å²) in [7, 11) is 0. The lowest BCUT2D eigenvalue weighted by molar-refractivity contribution is 0.0903. The minimum absolute atomic E-state index is 0.00848. The molecule has 0 aliphatic rings. The number of hydrogen-bond acceptors (Lipinski definition) is 4. The van der Waals surface area contributed by atoms with Crippen molar-refractivity contribution in [2.75, 3.05) is 6.61 Å². The average molecular weight is 338 g/mol. The highest BCUT2D eigenvalue weighted by Gasteiger charge is 2.16. The molecule has 0 fully saturated rings. The fraction of sp³-hybridized carbons (Fsp3) is 0.200. The Morgan fingerprint density at radius 1 is 1.04 bits per heavy atom. The van der Waals surface area contributed by atoms with Gasteiger partial charge in [0.1, 0.15) is 6.61 Å². The van der Waals surface area contributed by atoms with Gasteiger partial charge in [-0.2, -0.15) is 0 Å². The first-order valence-corrected chi connectivity index (χ1v) is 8.66. The van der Waals surface area contributed by atoms with E-state index in [2.05, 4.69) is 0 Å². The number of Topliss-reactive ketones (excluding diaryl/α,β-unsaturated/α-hetero) is 2. The number of carbonyl (C=O) groups excluding carboxylic acids is 2. The van der Waals surface area contributed by atoms with Crippen molar-refractivity contribution in [2.24, 2.45) is 0 Å². The molecule has 1 heterocycles. The van der Waals surface area contributed by atoms with Crippen LogP contribution >= 0.6 is 11.3 Å². The molecule has 0 radical (unpaired) electrons. The molecule has 3 aromatic rings. The molecule has 122 valence electrons. The summed E-state index contributed by atoms with van der Waals surface area (Å²) in [5.74, 6) is -0.184. The lowest BCUT2D eigenvalue weighted by Crippen LogP contribution is -2.07. The molecule has 0 aliphatic carbocycles. The zero-order valence-electron chi connectivity index (χ0n) is 13.4. The van der Waals surface area contributed by atoms with Crippen LogP contribution in [0, 0.1) is 0 Å². The van der Waals surface area contributed by atoms with Gasteiger partial charge in [0.2, 0.25) is 0 Å². The minimum Gasteiger partial charge on any atom is -0.388 e. The van der Waals surface area contributed by atoms with Crippen LogP contribution in [0.5, 0.6) is 0 Å². The highest BCUT2D eigenvalue weighted by molar-refractivity contribution is 7.20. The molecule has 1 atom stereocenters. The molecule has 1 aromatic heterocycles. The lowest BCUT2D eigenvalue weighted by atomic mass is 9.93. The third-order valence-electron chi connectivity index (χ3n) is 4.11. The first-order valence-electron chi connectivity index (χ1n) is 7.84. The number of rotatable bonds is 6.